The lowest BCUT2D eigenvalue weighted by Crippen LogP contribution is -1.93. The molecule has 0 N–H and O–H groups in total. The number of hydrogen-bond donors (Lipinski definition) is 0. The molecular weight excluding hydrogens is 148 g/mol. The van der Waals surface area contributed by atoms with E-state index < -0.39 is 0 Å². The minimum atomic E-state index is 0.202. The third kappa shape index (κ3) is 0.900. The minimum absolute atomic E-state index is 0.202. The number of Topliss-reactive ketones (excluding diaryl/α,β-unsaturated/α-hetero) is 1. The Labute approximate surface area is 71.7 Å². The van der Waals surface area contributed by atoms with Gasteiger partial charge in [-0.1, -0.05) is 30.3 Å². The van der Waals surface area contributed by atoms with Gasteiger partial charge in [0.2, 0.25) is 0 Å². The van der Waals surface area contributed by atoms with Crippen molar-refractivity contribution < 1.29 is 4.79 Å². The highest BCUT2D eigenvalue weighted by atomic mass is 16.1. The fourth-order valence-corrected chi connectivity index (χ4v) is 1.59. The monoisotopic (exact) mass is 158 g/mol. The molecule has 0 aromatic heterocycles. The predicted octanol–water partition coefficient (Wildman–Crippen LogP) is 2.37. The molecule has 12 heavy (non-hydrogen) atoms. The molecule has 0 bridgehead atoms. The first kappa shape index (κ1) is 7.29. The maximum atomic E-state index is 11.6. The molecule has 0 aliphatic heterocycles. The fraction of sp³-hybridized carbons (Fsp3) is 0.182. The van der Waals surface area contributed by atoms with Crippen molar-refractivity contribution in [1.29, 1.82) is 0 Å². The number of ketones is 1. The van der Waals surface area contributed by atoms with E-state index in [0.717, 1.165) is 23.1 Å². The van der Waals surface area contributed by atoms with Gasteiger partial charge in [-0.2, -0.15) is 0 Å². The van der Waals surface area contributed by atoms with Gasteiger partial charge >= 0.3 is 0 Å². The molecule has 0 amide bonds. The average molecular weight is 158 g/mol. The van der Waals surface area contributed by atoms with Crippen molar-refractivity contribution >= 4 is 5.78 Å². The first-order chi connectivity index (χ1) is 5.83. The lowest BCUT2D eigenvalue weighted by molar-refractivity contribution is 0.103. The number of allylic oxidation sites excluding steroid dienone is 2. The normalized spacial score (nSPS) is 18.4. The van der Waals surface area contributed by atoms with E-state index in [4.69, 9.17) is 0 Å². The van der Waals surface area contributed by atoms with Crippen LogP contribution >= 0.6 is 0 Å². The van der Waals surface area contributed by atoms with Gasteiger partial charge in [0.1, 0.15) is 0 Å². The first-order valence-electron chi connectivity index (χ1n) is 4.10. The van der Waals surface area contributed by atoms with Crippen LogP contribution in [0.4, 0.5) is 0 Å². The van der Waals surface area contributed by atoms with E-state index in [2.05, 4.69) is 0 Å². The number of hydrogen-bond acceptors (Lipinski definition) is 1. The van der Waals surface area contributed by atoms with Gasteiger partial charge in [-0.25, -0.2) is 0 Å². The average Bonchev–Trinajstić information content (AvgIpc) is 2.44. The number of fused-ring (bicyclic) bond motifs is 1. The summed E-state index contributed by atoms with van der Waals surface area (Å²) < 4.78 is 0. The van der Waals surface area contributed by atoms with Crippen LogP contribution < -0.4 is 0 Å². The van der Waals surface area contributed by atoms with E-state index in [-0.39, 0.29) is 5.78 Å². The van der Waals surface area contributed by atoms with Crippen LogP contribution in [0.1, 0.15) is 22.8 Å². The molecule has 1 heteroatoms. The highest BCUT2D eigenvalue weighted by molar-refractivity contribution is 6.13. The van der Waals surface area contributed by atoms with Crippen LogP contribution in [0.2, 0.25) is 0 Å². The largest absolute Gasteiger partial charge is 0.289 e. The quantitative estimate of drug-likeness (QED) is 0.530. The van der Waals surface area contributed by atoms with E-state index in [9.17, 15) is 4.79 Å². The second-order valence-corrected chi connectivity index (χ2v) is 2.98. The molecule has 0 unspecified atom stereocenters. The zero-order chi connectivity index (χ0) is 8.55. The Morgan fingerprint density at radius 2 is 2.08 bits per heavy atom. The van der Waals surface area contributed by atoms with Gasteiger partial charge in [-0.05, 0) is 12.5 Å². The third-order valence-electron chi connectivity index (χ3n) is 2.28. The van der Waals surface area contributed by atoms with Crippen LogP contribution in [-0.4, -0.2) is 5.78 Å². The zero-order valence-electron chi connectivity index (χ0n) is 7.00. The summed E-state index contributed by atoms with van der Waals surface area (Å²) in [6.07, 6.45) is 2.72. The summed E-state index contributed by atoms with van der Waals surface area (Å²) in [6.45, 7) is 1.92. The van der Waals surface area contributed by atoms with E-state index >= 15 is 0 Å². The molecule has 60 valence electrons. The summed E-state index contributed by atoms with van der Waals surface area (Å²) in [4.78, 5) is 11.6. The van der Waals surface area contributed by atoms with Gasteiger partial charge in [0, 0.05) is 17.6 Å². The Morgan fingerprint density at radius 1 is 1.33 bits per heavy atom. The molecule has 0 atom stereocenters. The summed E-state index contributed by atoms with van der Waals surface area (Å²) in [6, 6.07) is 7.80. The van der Waals surface area contributed by atoms with Crippen LogP contribution in [0.25, 0.3) is 0 Å². The Balaban J connectivity index is 2.56. The highest BCUT2D eigenvalue weighted by Crippen LogP contribution is 2.25. The van der Waals surface area contributed by atoms with E-state index in [1.54, 1.807) is 0 Å². The van der Waals surface area contributed by atoms with Gasteiger partial charge in [0.25, 0.3) is 0 Å². The van der Waals surface area contributed by atoms with Gasteiger partial charge in [-0.15, -0.1) is 0 Å². The molecule has 1 nitrogen and oxygen atoms in total. The Bertz CT molecular complexity index is 361. The molecule has 0 spiro atoms. The topological polar surface area (TPSA) is 17.1 Å². The SMILES string of the molecule is C/C=C1/Cc2ccccc2C1=O. The summed E-state index contributed by atoms with van der Waals surface area (Å²) >= 11 is 0. The Morgan fingerprint density at radius 3 is 2.75 bits per heavy atom. The molecule has 0 heterocycles. The third-order valence-corrected chi connectivity index (χ3v) is 2.28. The van der Waals surface area contributed by atoms with Crippen molar-refractivity contribution in [3.05, 3.63) is 47.0 Å². The van der Waals surface area contributed by atoms with Gasteiger partial charge in [0.05, 0.1) is 0 Å². The van der Waals surface area contributed by atoms with Gasteiger partial charge in [-0.3, -0.25) is 4.79 Å². The number of rotatable bonds is 0. The molecule has 1 aliphatic rings. The molecule has 0 fully saturated rings. The zero-order valence-corrected chi connectivity index (χ0v) is 7.00. The van der Waals surface area contributed by atoms with Gasteiger partial charge in [0.15, 0.2) is 5.78 Å². The first-order valence-corrected chi connectivity index (χ1v) is 4.10. The summed E-state index contributed by atoms with van der Waals surface area (Å²) in [5.74, 6) is 0.202. The molecule has 1 aliphatic carbocycles. The second kappa shape index (κ2) is 2.59. The van der Waals surface area contributed by atoms with E-state index in [1.807, 2.05) is 37.3 Å². The van der Waals surface area contributed by atoms with E-state index in [1.165, 1.54) is 0 Å². The maximum absolute atomic E-state index is 11.6. The molecular formula is C11H10O. The molecule has 0 radical (unpaired) electrons. The standard InChI is InChI=1S/C11H10O/c1-2-8-7-9-5-3-4-6-10(9)11(8)12/h2-6H,7H2,1H3/b8-2-. The molecule has 1 aromatic carbocycles. The smallest absolute Gasteiger partial charge is 0.189 e. The predicted molar refractivity (Wildman–Crippen MR) is 48.2 cm³/mol. The Kier molecular flexibility index (Phi) is 1.58. The fourth-order valence-electron chi connectivity index (χ4n) is 1.59. The summed E-state index contributed by atoms with van der Waals surface area (Å²) in [7, 11) is 0. The molecule has 0 saturated heterocycles. The van der Waals surface area contributed by atoms with Gasteiger partial charge < -0.3 is 0 Å². The van der Waals surface area contributed by atoms with Crippen molar-refractivity contribution in [1.82, 2.24) is 0 Å². The van der Waals surface area contributed by atoms with Crippen LogP contribution in [0.3, 0.4) is 0 Å². The molecule has 0 saturated carbocycles. The lowest BCUT2D eigenvalue weighted by Gasteiger charge is -1.91. The highest BCUT2D eigenvalue weighted by Gasteiger charge is 2.22. The summed E-state index contributed by atoms with van der Waals surface area (Å²) in [5.41, 5.74) is 2.97. The Hall–Kier alpha value is -1.37. The van der Waals surface area contributed by atoms with Crippen LogP contribution in [0.5, 0.6) is 0 Å². The van der Waals surface area contributed by atoms with Crippen molar-refractivity contribution in [3.63, 3.8) is 0 Å². The van der Waals surface area contributed by atoms with Crippen LogP contribution in [-0.2, 0) is 6.42 Å². The number of benzene rings is 1. The van der Waals surface area contributed by atoms with Crippen molar-refractivity contribution in [2.45, 2.75) is 13.3 Å². The van der Waals surface area contributed by atoms with Crippen LogP contribution in [0.15, 0.2) is 35.9 Å². The number of carbonyl (C=O) groups excluding carboxylic acids is 1. The molecule has 1 aromatic rings. The van der Waals surface area contributed by atoms with Crippen LogP contribution in [0, 0.1) is 0 Å². The van der Waals surface area contributed by atoms with Crippen molar-refractivity contribution in [2.75, 3.05) is 0 Å². The van der Waals surface area contributed by atoms with Crippen molar-refractivity contribution in [3.8, 4) is 0 Å². The second-order valence-electron chi connectivity index (χ2n) is 2.98. The summed E-state index contributed by atoms with van der Waals surface area (Å²) in [5, 5.41) is 0. The molecule has 2 rings (SSSR count). The maximum Gasteiger partial charge on any atom is 0.189 e. The lowest BCUT2D eigenvalue weighted by atomic mass is 10.1. The minimum Gasteiger partial charge on any atom is -0.289 e. The van der Waals surface area contributed by atoms with Crippen molar-refractivity contribution in [2.24, 2.45) is 0 Å². The number of carbonyl (C=O) groups is 1. The van der Waals surface area contributed by atoms with E-state index in [0.29, 0.717) is 0 Å².